The van der Waals surface area contributed by atoms with Crippen LogP contribution in [-0.2, 0) is 11.3 Å². The molecular weight excluding hydrogens is 369 g/mol. The van der Waals surface area contributed by atoms with Gasteiger partial charge in [0, 0.05) is 19.2 Å². The zero-order valence-corrected chi connectivity index (χ0v) is 16.1. The van der Waals surface area contributed by atoms with E-state index in [0.29, 0.717) is 24.0 Å². The number of hydrogen-bond donors (Lipinski definition) is 1. The van der Waals surface area contributed by atoms with Crippen LogP contribution in [0.3, 0.4) is 0 Å². The van der Waals surface area contributed by atoms with Crippen molar-refractivity contribution in [3.05, 3.63) is 88.6 Å². The number of halogens is 1. The lowest BCUT2D eigenvalue weighted by Crippen LogP contribution is -2.27. The molecule has 29 heavy (non-hydrogen) atoms. The topological polar surface area (TPSA) is 55.5 Å². The second-order valence-corrected chi connectivity index (χ2v) is 7.16. The van der Waals surface area contributed by atoms with E-state index in [1.54, 1.807) is 33.4 Å². The zero-order chi connectivity index (χ0) is 20.4. The summed E-state index contributed by atoms with van der Waals surface area (Å²) in [7, 11) is 0. The smallest absolute Gasteiger partial charge is 0.275 e. The monoisotopic (exact) mass is 391 g/mol. The first-order chi connectivity index (χ1) is 14.0. The molecule has 2 heterocycles. The van der Waals surface area contributed by atoms with Gasteiger partial charge in [-0.3, -0.25) is 9.59 Å². The summed E-state index contributed by atoms with van der Waals surface area (Å²) >= 11 is 0. The third-order valence-corrected chi connectivity index (χ3v) is 5.16. The molecule has 0 saturated carbocycles. The fourth-order valence-corrected chi connectivity index (χ4v) is 3.69. The molecule has 4 rings (SSSR count). The van der Waals surface area contributed by atoms with Gasteiger partial charge in [-0.1, -0.05) is 30.3 Å². The number of amides is 1. The van der Waals surface area contributed by atoms with Crippen molar-refractivity contribution >= 4 is 22.5 Å². The van der Waals surface area contributed by atoms with Gasteiger partial charge >= 0.3 is 0 Å². The van der Waals surface area contributed by atoms with Crippen LogP contribution in [0.25, 0.3) is 16.6 Å². The lowest BCUT2D eigenvalue weighted by atomic mass is 10.1. The molecule has 0 spiro atoms. The maximum Gasteiger partial charge on any atom is 0.275 e. The van der Waals surface area contributed by atoms with E-state index >= 15 is 0 Å². The van der Waals surface area contributed by atoms with Crippen LogP contribution in [0.4, 0.5) is 4.39 Å². The number of hydrogen-bond acceptors (Lipinski definition) is 2. The van der Waals surface area contributed by atoms with Gasteiger partial charge in [0.2, 0.25) is 5.91 Å². The number of nitrogens with zero attached hydrogens (tertiary/aromatic N) is 2. The fourth-order valence-electron chi connectivity index (χ4n) is 3.69. The van der Waals surface area contributed by atoms with Gasteiger partial charge in [0.1, 0.15) is 11.3 Å². The summed E-state index contributed by atoms with van der Waals surface area (Å²) in [6, 6.07) is 17.6. The molecule has 1 amide bonds. The van der Waals surface area contributed by atoms with Crippen LogP contribution in [0.15, 0.2) is 71.7 Å². The first kappa shape index (κ1) is 18.9. The molecule has 1 atom stereocenters. The average molecular weight is 391 g/mol. The van der Waals surface area contributed by atoms with E-state index in [1.165, 1.54) is 12.1 Å². The Balaban J connectivity index is 1.51. The molecule has 1 N–H and O–H groups in total. The summed E-state index contributed by atoms with van der Waals surface area (Å²) in [6.07, 6.45) is 2.56. The largest absolute Gasteiger partial charge is 0.350 e. The summed E-state index contributed by atoms with van der Waals surface area (Å²) in [6.45, 7) is 2.28. The summed E-state index contributed by atoms with van der Waals surface area (Å²) in [5.41, 5.74) is 2.67. The number of aryl methyl sites for hydroxylation is 1. The van der Waals surface area contributed by atoms with Crippen LogP contribution in [-0.4, -0.2) is 14.9 Å². The molecular formula is C23H22FN3O2. The van der Waals surface area contributed by atoms with Crippen LogP contribution in [0.1, 0.15) is 31.4 Å². The van der Waals surface area contributed by atoms with E-state index in [1.807, 2.05) is 37.3 Å². The highest BCUT2D eigenvalue weighted by atomic mass is 19.1. The van der Waals surface area contributed by atoms with Gasteiger partial charge in [0.25, 0.3) is 5.56 Å². The Hall–Kier alpha value is -3.41. The van der Waals surface area contributed by atoms with E-state index in [0.717, 1.165) is 11.1 Å². The van der Waals surface area contributed by atoms with Gasteiger partial charge < -0.3 is 14.3 Å². The van der Waals surface area contributed by atoms with Crippen molar-refractivity contribution in [2.75, 3.05) is 0 Å². The zero-order valence-electron chi connectivity index (χ0n) is 16.1. The molecule has 2 aromatic heterocycles. The highest BCUT2D eigenvalue weighted by molar-refractivity contribution is 5.79. The lowest BCUT2D eigenvalue weighted by molar-refractivity contribution is -0.121. The fraction of sp³-hybridized carbons (Fsp3) is 0.217. The van der Waals surface area contributed by atoms with Crippen molar-refractivity contribution < 1.29 is 9.18 Å². The van der Waals surface area contributed by atoms with Crippen LogP contribution in [0, 0.1) is 5.82 Å². The number of nitrogens with one attached hydrogen (secondary N) is 1. The minimum atomic E-state index is -0.397. The van der Waals surface area contributed by atoms with Crippen molar-refractivity contribution in [3.63, 3.8) is 0 Å². The standard InChI is InChI=1S/C23H22FN3O2/c1-16(17-7-3-2-4-8-17)25-22(28)10-6-14-27-21-15-18(24)11-12-19(21)26-13-5-9-20(26)23(27)29/h2-5,7-9,11-13,15-16H,6,10,14H2,1H3,(H,25,28). The van der Waals surface area contributed by atoms with Gasteiger partial charge in [-0.15, -0.1) is 0 Å². The summed E-state index contributed by atoms with van der Waals surface area (Å²) < 4.78 is 17.2. The van der Waals surface area contributed by atoms with Crippen LogP contribution >= 0.6 is 0 Å². The number of carbonyl (C=O) groups is 1. The normalized spacial score (nSPS) is 12.3. The Bertz CT molecular complexity index is 1230. The van der Waals surface area contributed by atoms with Crippen molar-refractivity contribution in [3.8, 4) is 0 Å². The third kappa shape index (κ3) is 3.78. The highest BCUT2D eigenvalue weighted by Crippen LogP contribution is 2.17. The first-order valence-corrected chi connectivity index (χ1v) is 9.68. The van der Waals surface area contributed by atoms with E-state index in [9.17, 15) is 14.0 Å². The van der Waals surface area contributed by atoms with Gasteiger partial charge in [-0.2, -0.15) is 0 Å². The predicted octanol–water partition coefficient (Wildman–Crippen LogP) is 4.05. The minimum absolute atomic E-state index is 0.0753. The van der Waals surface area contributed by atoms with Gasteiger partial charge in [-0.25, -0.2) is 4.39 Å². The van der Waals surface area contributed by atoms with E-state index in [2.05, 4.69) is 5.32 Å². The Morgan fingerprint density at radius 1 is 1.03 bits per heavy atom. The molecule has 1 unspecified atom stereocenters. The molecule has 0 aliphatic rings. The maximum atomic E-state index is 13.8. The van der Waals surface area contributed by atoms with Crippen LogP contribution in [0.2, 0.25) is 0 Å². The number of aromatic nitrogens is 2. The van der Waals surface area contributed by atoms with Crippen molar-refractivity contribution in [1.82, 2.24) is 14.3 Å². The van der Waals surface area contributed by atoms with Crippen LogP contribution < -0.4 is 10.9 Å². The Kier molecular flexibility index (Phi) is 5.16. The van der Waals surface area contributed by atoms with Crippen molar-refractivity contribution in [1.29, 1.82) is 0 Å². The molecule has 2 aromatic carbocycles. The quantitative estimate of drug-likeness (QED) is 0.539. The van der Waals surface area contributed by atoms with Gasteiger partial charge in [0.15, 0.2) is 0 Å². The highest BCUT2D eigenvalue weighted by Gasteiger charge is 2.13. The molecule has 0 radical (unpaired) electrons. The first-order valence-electron chi connectivity index (χ1n) is 9.68. The molecule has 148 valence electrons. The lowest BCUT2D eigenvalue weighted by Gasteiger charge is -2.15. The number of fused-ring (bicyclic) bond motifs is 3. The van der Waals surface area contributed by atoms with Crippen molar-refractivity contribution in [2.45, 2.75) is 32.4 Å². The number of carbonyl (C=O) groups excluding carboxylic acids is 1. The second kappa shape index (κ2) is 7.91. The van der Waals surface area contributed by atoms with Crippen molar-refractivity contribution in [2.24, 2.45) is 0 Å². The third-order valence-electron chi connectivity index (χ3n) is 5.16. The summed E-state index contributed by atoms with van der Waals surface area (Å²) in [4.78, 5) is 25.2. The maximum absolute atomic E-state index is 13.8. The van der Waals surface area contributed by atoms with Crippen LogP contribution in [0.5, 0.6) is 0 Å². The Morgan fingerprint density at radius 2 is 1.83 bits per heavy atom. The van der Waals surface area contributed by atoms with Gasteiger partial charge in [-0.05, 0) is 49.2 Å². The summed E-state index contributed by atoms with van der Waals surface area (Å²) in [5.74, 6) is -0.472. The Morgan fingerprint density at radius 3 is 2.62 bits per heavy atom. The SMILES string of the molecule is CC(NC(=O)CCCn1c(=O)c2cccn2c2ccc(F)cc21)c1ccccc1. The minimum Gasteiger partial charge on any atom is -0.350 e. The molecule has 0 bridgehead atoms. The molecule has 0 fully saturated rings. The van der Waals surface area contributed by atoms with E-state index in [4.69, 9.17) is 0 Å². The van der Waals surface area contributed by atoms with E-state index in [-0.39, 0.29) is 23.9 Å². The molecule has 0 aliphatic carbocycles. The second-order valence-electron chi connectivity index (χ2n) is 7.16. The molecule has 5 nitrogen and oxygen atoms in total. The average Bonchev–Trinajstić information content (AvgIpc) is 3.21. The number of rotatable bonds is 6. The predicted molar refractivity (Wildman–Crippen MR) is 111 cm³/mol. The number of benzene rings is 2. The van der Waals surface area contributed by atoms with E-state index < -0.39 is 5.82 Å². The van der Waals surface area contributed by atoms with Gasteiger partial charge in [0.05, 0.1) is 17.1 Å². The summed E-state index contributed by atoms with van der Waals surface area (Å²) in [5, 5.41) is 2.98. The molecule has 0 saturated heterocycles. The molecule has 6 heteroatoms. The Labute approximate surface area is 167 Å². The molecule has 0 aliphatic heterocycles. The molecule has 4 aromatic rings.